The van der Waals surface area contributed by atoms with E-state index in [4.69, 9.17) is 0 Å². The van der Waals surface area contributed by atoms with Crippen molar-refractivity contribution in [3.8, 4) is 0 Å². The van der Waals surface area contributed by atoms with Crippen LogP contribution >= 0.6 is 11.9 Å². The quantitative estimate of drug-likeness (QED) is 0.528. The molecule has 0 fully saturated rings. The van der Waals surface area contributed by atoms with Crippen molar-refractivity contribution >= 4 is 11.9 Å². The molecule has 29 heavy (non-hydrogen) atoms. The first kappa shape index (κ1) is 22.2. The first-order valence-corrected chi connectivity index (χ1v) is 11.5. The van der Waals surface area contributed by atoms with E-state index >= 15 is 0 Å². The molecule has 0 bridgehead atoms. The Morgan fingerprint density at radius 1 is 1.14 bits per heavy atom. The van der Waals surface area contributed by atoms with Gasteiger partial charge in [0.05, 0.1) is 6.10 Å². The zero-order valence-corrected chi connectivity index (χ0v) is 17.9. The van der Waals surface area contributed by atoms with Gasteiger partial charge in [-0.25, -0.2) is 8.78 Å². The second-order valence-corrected chi connectivity index (χ2v) is 8.36. The molecule has 2 aromatic carbocycles. The highest BCUT2D eigenvalue weighted by atomic mass is 32.2. The number of nitrogens with one attached hydrogen (secondary N) is 2. The van der Waals surface area contributed by atoms with Crippen molar-refractivity contribution in [3.63, 3.8) is 0 Å². The monoisotopic (exact) mass is 420 g/mol. The van der Waals surface area contributed by atoms with Crippen molar-refractivity contribution in [3.05, 3.63) is 70.3 Å². The predicted molar refractivity (Wildman–Crippen MR) is 116 cm³/mol. The lowest BCUT2D eigenvalue weighted by Gasteiger charge is -2.30. The van der Waals surface area contributed by atoms with E-state index in [1.165, 1.54) is 40.8 Å². The van der Waals surface area contributed by atoms with E-state index < -0.39 is 17.7 Å². The van der Waals surface area contributed by atoms with Crippen LogP contribution in [-0.4, -0.2) is 30.1 Å². The molecule has 158 valence electrons. The van der Waals surface area contributed by atoms with Gasteiger partial charge in [0.2, 0.25) is 0 Å². The smallest absolute Gasteiger partial charge is 0.126 e. The fourth-order valence-electron chi connectivity index (χ4n) is 4.08. The Kier molecular flexibility index (Phi) is 8.07. The minimum atomic E-state index is -0.687. The summed E-state index contributed by atoms with van der Waals surface area (Å²) in [6.07, 6.45) is 5.81. The van der Waals surface area contributed by atoms with Gasteiger partial charge in [0, 0.05) is 24.7 Å². The Bertz CT molecular complexity index is 797. The minimum absolute atomic E-state index is 0.224. The second-order valence-electron chi connectivity index (χ2n) is 7.72. The maximum absolute atomic E-state index is 13.5. The van der Waals surface area contributed by atoms with Crippen LogP contribution in [0.25, 0.3) is 0 Å². The fraction of sp³-hybridized carbons (Fsp3) is 0.478. The van der Waals surface area contributed by atoms with E-state index in [2.05, 4.69) is 35.2 Å². The third-order valence-corrected chi connectivity index (χ3v) is 6.16. The molecule has 0 aromatic heterocycles. The highest BCUT2D eigenvalue weighted by Gasteiger charge is 2.24. The van der Waals surface area contributed by atoms with E-state index in [0.29, 0.717) is 18.5 Å². The van der Waals surface area contributed by atoms with Crippen molar-refractivity contribution in [1.82, 2.24) is 10.0 Å². The molecule has 3 N–H and O–H groups in total. The molecule has 0 aliphatic heterocycles. The molecule has 0 saturated heterocycles. The topological polar surface area (TPSA) is 44.3 Å². The van der Waals surface area contributed by atoms with Gasteiger partial charge >= 0.3 is 0 Å². The zero-order chi connectivity index (χ0) is 20.8. The lowest BCUT2D eigenvalue weighted by Crippen LogP contribution is -2.45. The molecule has 0 amide bonds. The van der Waals surface area contributed by atoms with Crippen LogP contribution in [0, 0.1) is 11.6 Å². The standard InChI is InChI=1S/C23H30F2N2OS/c1-3-15-7-8-17-5-4-6-21(20(17)11-15)26-14-23(28)22(27-29-2)12-16-9-18(24)13-19(25)10-16/h7-11,13,21-23,26-28H,3-6,12,14H2,1-2H3/t21-,22-,23+/m0/s1. The summed E-state index contributed by atoms with van der Waals surface area (Å²) < 4.78 is 30.2. The molecule has 1 aliphatic carbocycles. The molecule has 2 aromatic rings. The van der Waals surface area contributed by atoms with Gasteiger partial charge in [-0.1, -0.05) is 37.1 Å². The number of rotatable bonds is 9. The van der Waals surface area contributed by atoms with Gasteiger partial charge in [-0.3, -0.25) is 4.72 Å². The summed E-state index contributed by atoms with van der Waals surface area (Å²) in [6.45, 7) is 2.57. The number of aliphatic hydroxyl groups is 1. The Hall–Kier alpha value is -1.47. The highest BCUT2D eigenvalue weighted by Crippen LogP contribution is 2.30. The zero-order valence-electron chi connectivity index (χ0n) is 17.1. The predicted octanol–water partition coefficient (Wildman–Crippen LogP) is 4.33. The average Bonchev–Trinajstić information content (AvgIpc) is 2.70. The molecule has 3 nitrogen and oxygen atoms in total. The number of fused-ring (bicyclic) bond motifs is 1. The lowest BCUT2D eigenvalue weighted by molar-refractivity contribution is 0.131. The van der Waals surface area contributed by atoms with E-state index in [1.807, 2.05) is 6.26 Å². The van der Waals surface area contributed by atoms with Crippen LogP contribution in [0.3, 0.4) is 0 Å². The van der Waals surface area contributed by atoms with Gasteiger partial charge in [0.15, 0.2) is 0 Å². The number of hydrogen-bond donors (Lipinski definition) is 3. The van der Waals surface area contributed by atoms with Crippen molar-refractivity contribution in [1.29, 1.82) is 0 Å². The van der Waals surface area contributed by atoms with Crippen LogP contribution in [0.2, 0.25) is 0 Å². The summed E-state index contributed by atoms with van der Waals surface area (Å²) in [6, 6.07) is 10.1. The number of halogens is 2. The summed E-state index contributed by atoms with van der Waals surface area (Å²) in [7, 11) is 0. The third kappa shape index (κ3) is 6.01. The van der Waals surface area contributed by atoms with Crippen LogP contribution in [0.5, 0.6) is 0 Å². The average molecular weight is 421 g/mol. The van der Waals surface area contributed by atoms with E-state index in [9.17, 15) is 13.9 Å². The van der Waals surface area contributed by atoms with Gasteiger partial charge in [-0.05, 0) is 72.7 Å². The molecule has 0 radical (unpaired) electrons. The van der Waals surface area contributed by atoms with Crippen LogP contribution < -0.4 is 10.0 Å². The summed E-state index contributed by atoms with van der Waals surface area (Å²) in [4.78, 5) is 0. The minimum Gasteiger partial charge on any atom is -0.390 e. The van der Waals surface area contributed by atoms with Gasteiger partial charge in [-0.2, -0.15) is 0 Å². The molecule has 6 heteroatoms. The van der Waals surface area contributed by atoms with E-state index in [-0.39, 0.29) is 12.1 Å². The molecule has 0 unspecified atom stereocenters. The van der Waals surface area contributed by atoms with Crippen molar-refractivity contribution in [2.75, 3.05) is 12.8 Å². The largest absolute Gasteiger partial charge is 0.390 e. The molecule has 3 rings (SSSR count). The Labute approximate surface area is 176 Å². The number of hydrogen-bond acceptors (Lipinski definition) is 4. The Morgan fingerprint density at radius 3 is 2.59 bits per heavy atom. The highest BCUT2D eigenvalue weighted by molar-refractivity contribution is 7.96. The van der Waals surface area contributed by atoms with Gasteiger partial charge in [0.1, 0.15) is 11.6 Å². The molecule has 0 saturated carbocycles. The number of benzene rings is 2. The molecular formula is C23H30F2N2OS. The lowest BCUT2D eigenvalue weighted by atomic mass is 9.86. The van der Waals surface area contributed by atoms with E-state index in [0.717, 1.165) is 31.7 Å². The van der Waals surface area contributed by atoms with Crippen molar-refractivity contribution in [2.24, 2.45) is 0 Å². The molecule has 0 spiro atoms. The summed E-state index contributed by atoms with van der Waals surface area (Å²) in [5.41, 5.74) is 4.58. The first-order valence-electron chi connectivity index (χ1n) is 10.3. The fourth-order valence-corrected chi connectivity index (χ4v) is 4.62. The van der Waals surface area contributed by atoms with Gasteiger partial charge in [0.25, 0.3) is 0 Å². The molecule has 1 aliphatic rings. The van der Waals surface area contributed by atoms with Crippen LogP contribution in [0.4, 0.5) is 8.78 Å². The Balaban J connectivity index is 1.66. The number of aryl methyl sites for hydroxylation is 2. The summed E-state index contributed by atoms with van der Waals surface area (Å²) >= 11 is 1.40. The van der Waals surface area contributed by atoms with Crippen molar-refractivity contribution < 1.29 is 13.9 Å². The second kappa shape index (κ2) is 10.5. The van der Waals surface area contributed by atoms with Gasteiger partial charge < -0.3 is 10.4 Å². The molecular weight excluding hydrogens is 390 g/mol. The van der Waals surface area contributed by atoms with Crippen LogP contribution in [0.1, 0.15) is 48.1 Å². The summed E-state index contributed by atoms with van der Waals surface area (Å²) in [5.74, 6) is -1.19. The molecule has 0 heterocycles. The van der Waals surface area contributed by atoms with Crippen LogP contribution in [-0.2, 0) is 19.3 Å². The Morgan fingerprint density at radius 2 is 1.90 bits per heavy atom. The maximum Gasteiger partial charge on any atom is 0.126 e. The molecule has 3 atom stereocenters. The SMILES string of the molecule is CCc1ccc2c(c1)[C@@H](NC[C@@H](O)[C@H](Cc1cc(F)cc(F)c1)NSC)CCC2. The van der Waals surface area contributed by atoms with Crippen LogP contribution in [0.15, 0.2) is 36.4 Å². The van der Waals surface area contributed by atoms with Crippen molar-refractivity contribution in [2.45, 2.75) is 57.2 Å². The van der Waals surface area contributed by atoms with E-state index in [1.54, 1.807) is 0 Å². The third-order valence-electron chi connectivity index (χ3n) is 5.62. The van der Waals surface area contributed by atoms with Gasteiger partial charge in [-0.15, -0.1) is 0 Å². The maximum atomic E-state index is 13.5. The first-order chi connectivity index (χ1) is 14.0. The summed E-state index contributed by atoms with van der Waals surface area (Å²) in [5, 5.41) is 14.3. The number of aliphatic hydroxyl groups excluding tert-OH is 1. The normalized spacial score (nSPS) is 18.3.